The van der Waals surface area contributed by atoms with Crippen molar-refractivity contribution in [2.45, 2.75) is 6.10 Å². The standard InChI is InChI=1S/C13H11NOS/c15-13(10-5-3-7-14-10)12-8-9-4-1-2-6-11(9)16-12/h1-8,13-15H. The van der Waals surface area contributed by atoms with Gasteiger partial charge in [-0.3, -0.25) is 0 Å². The maximum atomic E-state index is 10.2. The molecule has 3 heteroatoms. The molecule has 2 aromatic heterocycles. The molecule has 0 aliphatic heterocycles. The summed E-state index contributed by atoms with van der Waals surface area (Å²) >= 11 is 1.63. The van der Waals surface area contributed by atoms with E-state index in [0.717, 1.165) is 10.6 Å². The molecule has 3 rings (SSSR count). The Hall–Kier alpha value is -1.58. The second-order valence-corrected chi connectivity index (χ2v) is 4.83. The Balaban J connectivity index is 2.06. The van der Waals surface area contributed by atoms with Gasteiger partial charge in [-0.15, -0.1) is 11.3 Å². The van der Waals surface area contributed by atoms with E-state index in [9.17, 15) is 5.11 Å². The molecule has 1 aromatic carbocycles. The van der Waals surface area contributed by atoms with E-state index < -0.39 is 6.10 Å². The molecule has 0 radical (unpaired) electrons. The number of aromatic amines is 1. The molecule has 0 amide bonds. The number of H-pyrrole nitrogens is 1. The van der Waals surface area contributed by atoms with E-state index in [1.165, 1.54) is 10.1 Å². The summed E-state index contributed by atoms with van der Waals surface area (Å²) in [4.78, 5) is 4.01. The lowest BCUT2D eigenvalue weighted by Crippen LogP contribution is -1.96. The molecule has 0 saturated heterocycles. The number of hydrogen-bond acceptors (Lipinski definition) is 2. The van der Waals surface area contributed by atoms with E-state index in [0.29, 0.717) is 0 Å². The molecular weight excluding hydrogens is 218 g/mol. The number of rotatable bonds is 2. The minimum absolute atomic E-state index is 0.549. The number of thiophene rings is 1. The third-order valence-electron chi connectivity index (χ3n) is 2.63. The Morgan fingerprint density at radius 1 is 1.12 bits per heavy atom. The molecule has 1 atom stereocenters. The fraction of sp³-hybridized carbons (Fsp3) is 0.0769. The van der Waals surface area contributed by atoms with Crippen molar-refractivity contribution in [3.05, 3.63) is 59.2 Å². The van der Waals surface area contributed by atoms with E-state index in [4.69, 9.17) is 0 Å². The minimum Gasteiger partial charge on any atom is -0.381 e. The van der Waals surface area contributed by atoms with Gasteiger partial charge in [0.15, 0.2) is 0 Å². The second-order valence-electron chi connectivity index (χ2n) is 3.71. The first-order valence-corrected chi connectivity index (χ1v) is 5.96. The number of aliphatic hydroxyl groups excluding tert-OH is 1. The molecular formula is C13H11NOS. The first-order valence-electron chi connectivity index (χ1n) is 5.14. The van der Waals surface area contributed by atoms with Gasteiger partial charge in [-0.25, -0.2) is 0 Å². The van der Waals surface area contributed by atoms with Crippen molar-refractivity contribution in [2.75, 3.05) is 0 Å². The topological polar surface area (TPSA) is 36.0 Å². The van der Waals surface area contributed by atoms with Gasteiger partial charge < -0.3 is 10.1 Å². The normalized spacial score (nSPS) is 13.1. The number of benzene rings is 1. The molecule has 0 aliphatic carbocycles. The smallest absolute Gasteiger partial charge is 0.128 e. The van der Waals surface area contributed by atoms with Gasteiger partial charge in [-0.1, -0.05) is 18.2 Å². The molecule has 3 aromatic rings. The predicted octanol–water partition coefficient (Wildman–Crippen LogP) is 3.31. The second kappa shape index (κ2) is 3.77. The van der Waals surface area contributed by atoms with Crippen LogP contribution in [-0.4, -0.2) is 10.1 Å². The monoisotopic (exact) mass is 229 g/mol. The average Bonchev–Trinajstić information content (AvgIpc) is 2.97. The Labute approximate surface area is 97.2 Å². The third-order valence-corrected chi connectivity index (χ3v) is 3.80. The summed E-state index contributed by atoms with van der Waals surface area (Å²) in [7, 11) is 0. The van der Waals surface area contributed by atoms with Crippen LogP contribution in [0.5, 0.6) is 0 Å². The van der Waals surface area contributed by atoms with Crippen LogP contribution in [0, 0.1) is 0 Å². The summed E-state index contributed by atoms with van der Waals surface area (Å²) in [5.41, 5.74) is 0.839. The molecule has 2 heterocycles. The molecule has 0 spiro atoms. The van der Waals surface area contributed by atoms with Crippen LogP contribution >= 0.6 is 11.3 Å². The first kappa shape index (κ1) is 9.63. The number of fused-ring (bicyclic) bond motifs is 1. The molecule has 2 nitrogen and oxygen atoms in total. The number of nitrogens with one attached hydrogen (secondary N) is 1. The highest BCUT2D eigenvalue weighted by Crippen LogP contribution is 2.32. The van der Waals surface area contributed by atoms with Crippen LogP contribution in [-0.2, 0) is 0 Å². The maximum absolute atomic E-state index is 10.2. The first-order chi connectivity index (χ1) is 7.84. The quantitative estimate of drug-likeness (QED) is 0.695. The van der Waals surface area contributed by atoms with Crippen molar-refractivity contribution in [1.29, 1.82) is 0 Å². The lowest BCUT2D eigenvalue weighted by atomic mass is 10.2. The summed E-state index contributed by atoms with van der Waals surface area (Å²) < 4.78 is 1.21. The molecule has 16 heavy (non-hydrogen) atoms. The van der Waals surface area contributed by atoms with E-state index >= 15 is 0 Å². The SMILES string of the molecule is OC(c1ccc[nH]1)c1cc2ccccc2s1. The summed E-state index contributed by atoms with van der Waals surface area (Å²) in [5, 5.41) is 11.3. The predicted molar refractivity (Wildman–Crippen MR) is 66.7 cm³/mol. The zero-order chi connectivity index (χ0) is 11.0. The van der Waals surface area contributed by atoms with Gasteiger partial charge in [0, 0.05) is 21.5 Å². The maximum Gasteiger partial charge on any atom is 0.128 e. The fourth-order valence-corrected chi connectivity index (χ4v) is 2.87. The Bertz CT molecular complexity index is 564. The van der Waals surface area contributed by atoms with Crippen molar-refractivity contribution < 1.29 is 5.11 Å². The van der Waals surface area contributed by atoms with Crippen LogP contribution in [0.25, 0.3) is 10.1 Å². The van der Waals surface area contributed by atoms with Crippen LogP contribution in [0.1, 0.15) is 16.7 Å². The minimum atomic E-state index is -0.549. The van der Waals surface area contributed by atoms with Crippen LogP contribution in [0.4, 0.5) is 0 Å². The highest BCUT2D eigenvalue weighted by molar-refractivity contribution is 7.19. The fourth-order valence-electron chi connectivity index (χ4n) is 1.80. The largest absolute Gasteiger partial charge is 0.381 e. The highest BCUT2D eigenvalue weighted by Gasteiger charge is 2.13. The average molecular weight is 229 g/mol. The van der Waals surface area contributed by atoms with E-state index in [1.807, 2.05) is 36.5 Å². The molecule has 0 saturated carbocycles. The van der Waals surface area contributed by atoms with Crippen LogP contribution in [0.2, 0.25) is 0 Å². The van der Waals surface area contributed by atoms with Crippen molar-refractivity contribution >= 4 is 21.4 Å². The molecule has 0 bridgehead atoms. The summed E-state index contributed by atoms with van der Waals surface area (Å²) in [6, 6.07) is 14.0. The zero-order valence-corrected chi connectivity index (χ0v) is 9.37. The van der Waals surface area contributed by atoms with Crippen molar-refractivity contribution in [3.63, 3.8) is 0 Å². The van der Waals surface area contributed by atoms with Gasteiger partial charge in [0.25, 0.3) is 0 Å². The molecule has 80 valence electrons. The number of aliphatic hydroxyl groups is 1. The zero-order valence-electron chi connectivity index (χ0n) is 8.55. The van der Waals surface area contributed by atoms with Crippen LogP contribution in [0.15, 0.2) is 48.7 Å². The van der Waals surface area contributed by atoms with Gasteiger partial charge in [0.2, 0.25) is 0 Å². The van der Waals surface area contributed by atoms with Gasteiger partial charge in [-0.05, 0) is 29.7 Å². The summed E-state index contributed by atoms with van der Waals surface area (Å²) in [5.74, 6) is 0. The van der Waals surface area contributed by atoms with Crippen molar-refractivity contribution in [2.24, 2.45) is 0 Å². The van der Waals surface area contributed by atoms with Crippen LogP contribution in [0.3, 0.4) is 0 Å². The van der Waals surface area contributed by atoms with Crippen molar-refractivity contribution in [1.82, 2.24) is 4.98 Å². The van der Waals surface area contributed by atoms with Crippen LogP contribution < -0.4 is 0 Å². The van der Waals surface area contributed by atoms with Gasteiger partial charge in [0.05, 0.1) is 0 Å². The summed E-state index contributed by atoms with van der Waals surface area (Å²) in [6.45, 7) is 0. The van der Waals surface area contributed by atoms with Gasteiger partial charge in [-0.2, -0.15) is 0 Å². The van der Waals surface area contributed by atoms with E-state index in [2.05, 4.69) is 17.1 Å². The Morgan fingerprint density at radius 3 is 2.75 bits per heavy atom. The highest BCUT2D eigenvalue weighted by atomic mass is 32.1. The molecule has 1 unspecified atom stereocenters. The van der Waals surface area contributed by atoms with Gasteiger partial charge in [0.1, 0.15) is 6.10 Å². The Kier molecular flexibility index (Phi) is 2.27. The van der Waals surface area contributed by atoms with Crippen molar-refractivity contribution in [3.8, 4) is 0 Å². The molecule has 2 N–H and O–H groups in total. The summed E-state index contributed by atoms with van der Waals surface area (Å²) in [6.07, 6.45) is 1.28. The number of hydrogen-bond donors (Lipinski definition) is 2. The van der Waals surface area contributed by atoms with Gasteiger partial charge >= 0.3 is 0 Å². The molecule has 0 fully saturated rings. The van der Waals surface area contributed by atoms with E-state index in [-0.39, 0.29) is 0 Å². The lowest BCUT2D eigenvalue weighted by Gasteiger charge is -2.04. The van der Waals surface area contributed by atoms with E-state index in [1.54, 1.807) is 11.3 Å². The third kappa shape index (κ3) is 1.54. The lowest BCUT2D eigenvalue weighted by molar-refractivity contribution is 0.220. The number of aromatic nitrogens is 1. The molecule has 0 aliphatic rings. The Morgan fingerprint density at radius 2 is 2.00 bits per heavy atom.